The molecule has 0 aliphatic carbocycles. The fourth-order valence-electron chi connectivity index (χ4n) is 4.08. The molecule has 0 saturated heterocycles. The Hall–Kier alpha value is -3.85. The summed E-state index contributed by atoms with van der Waals surface area (Å²) in [5.41, 5.74) is 2.92. The molecule has 198 valence electrons. The average molecular weight is 581 g/mol. The number of carbonyl (C=O) groups excluding carboxylic acids is 1. The van der Waals surface area contributed by atoms with E-state index in [2.05, 4.69) is 4.40 Å². The SMILES string of the molecule is Cc1ccc(N(Cc2ccccc2OC(=O)COc2ccc(Cl)cc2Cl)C2=NS(=O)(=O)c3ccccc32)cc1. The maximum absolute atomic E-state index is 12.8. The molecular formula is C29H22Cl2N2O5S. The second-order valence-electron chi connectivity index (χ2n) is 8.75. The second kappa shape index (κ2) is 11.1. The molecule has 0 atom stereocenters. The van der Waals surface area contributed by atoms with Crippen molar-refractivity contribution in [2.75, 3.05) is 11.5 Å². The summed E-state index contributed by atoms with van der Waals surface area (Å²) in [6, 6.07) is 26.1. The van der Waals surface area contributed by atoms with Crippen molar-refractivity contribution in [3.8, 4) is 11.5 Å². The van der Waals surface area contributed by atoms with Crippen LogP contribution in [0.3, 0.4) is 0 Å². The van der Waals surface area contributed by atoms with Crippen LogP contribution >= 0.6 is 23.2 Å². The van der Waals surface area contributed by atoms with Crippen LogP contribution < -0.4 is 14.4 Å². The molecule has 1 heterocycles. The maximum Gasteiger partial charge on any atom is 0.349 e. The molecule has 0 N–H and O–H groups in total. The van der Waals surface area contributed by atoms with Crippen LogP contribution in [0, 0.1) is 6.92 Å². The van der Waals surface area contributed by atoms with Crippen molar-refractivity contribution in [1.29, 1.82) is 0 Å². The van der Waals surface area contributed by atoms with E-state index in [1.165, 1.54) is 12.1 Å². The highest BCUT2D eigenvalue weighted by molar-refractivity contribution is 7.90. The molecule has 0 saturated carbocycles. The number of nitrogens with zero attached hydrogens (tertiary/aromatic N) is 2. The van der Waals surface area contributed by atoms with Gasteiger partial charge in [-0.25, -0.2) is 4.79 Å². The largest absolute Gasteiger partial charge is 0.480 e. The summed E-state index contributed by atoms with van der Waals surface area (Å²) in [6.07, 6.45) is 0. The fourth-order valence-corrected chi connectivity index (χ4v) is 5.76. The third kappa shape index (κ3) is 5.93. The Morgan fingerprint density at radius 3 is 2.38 bits per heavy atom. The zero-order valence-corrected chi connectivity index (χ0v) is 23.0. The normalized spacial score (nSPS) is 13.4. The zero-order valence-electron chi connectivity index (χ0n) is 20.7. The number of hydrogen-bond donors (Lipinski definition) is 0. The number of benzene rings is 4. The number of rotatable bonds is 7. The predicted molar refractivity (Wildman–Crippen MR) is 152 cm³/mol. The number of sulfonamides is 1. The standard InChI is InChI=1S/C29H22Cl2N2O5S/c1-19-10-13-22(14-11-19)33(29-23-7-3-5-9-27(23)39(35,36)32-29)17-20-6-2-4-8-25(20)38-28(34)18-37-26-15-12-21(30)16-24(26)31/h2-16H,17-18H2,1H3. The van der Waals surface area contributed by atoms with Crippen molar-refractivity contribution in [3.05, 3.63) is 118 Å². The van der Waals surface area contributed by atoms with Crippen molar-refractivity contribution >= 4 is 50.7 Å². The monoisotopic (exact) mass is 580 g/mol. The third-order valence-corrected chi connectivity index (χ3v) is 7.83. The molecule has 0 amide bonds. The van der Waals surface area contributed by atoms with Crippen LogP contribution in [0.4, 0.5) is 5.69 Å². The molecule has 7 nitrogen and oxygen atoms in total. The predicted octanol–water partition coefficient (Wildman–Crippen LogP) is 6.44. The number of hydrogen-bond acceptors (Lipinski definition) is 6. The summed E-state index contributed by atoms with van der Waals surface area (Å²) in [4.78, 5) is 14.6. The van der Waals surface area contributed by atoms with E-state index in [4.69, 9.17) is 32.7 Å². The van der Waals surface area contributed by atoms with Gasteiger partial charge in [0.25, 0.3) is 10.0 Å². The van der Waals surface area contributed by atoms with Crippen molar-refractivity contribution in [2.24, 2.45) is 4.40 Å². The molecule has 10 heteroatoms. The molecule has 4 aromatic carbocycles. The third-order valence-electron chi connectivity index (χ3n) is 5.98. The number of ether oxygens (including phenoxy) is 2. The molecule has 0 unspecified atom stereocenters. The number of para-hydroxylation sites is 1. The lowest BCUT2D eigenvalue weighted by atomic mass is 10.1. The summed E-state index contributed by atoms with van der Waals surface area (Å²) in [5, 5.41) is 0.723. The van der Waals surface area contributed by atoms with Gasteiger partial charge in [-0.1, -0.05) is 71.2 Å². The number of aryl methyl sites for hydroxylation is 1. The van der Waals surface area contributed by atoms with Crippen LogP contribution in [-0.4, -0.2) is 26.8 Å². The molecule has 1 aliphatic heterocycles. The van der Waals surface area contributed by atoms with Crippen molar-refractivity contribution < 1.29 is 22.7 Å². The highest BCUT2D eigenvalue weighted by Gasteiger charge is 2.32. The number of carbonyl (C=O) groups is 1. The van der Waals surface area contributed by atoms with Gasteiger partial charge in [-0.15, -0.1) is 4.40 Å². The van der Waals surface area contributed by atoms with Crippen LogP contribution in [0.1, 0.15) is 16.7 Å². The highest BCUT2D eigenvalue weighted by atomic mass is 35.5. The van der Waals surface area contributed by atoms with E-state index in [0.29, 0.717) is 27.6 Å². The van der Waals surface area contributed by atoms with E-state index in [1.54, 1.807) is 53.4 Å². The summed E-state index contributed by atoms with van der Waals surface area (Å²) >= 11 is 12.0. The summed E-state index contributed by atoms with van der Waals surface area (Å²) in [6.45, 7) is 1.77. The lowest BCUT2D eigenvalue weighted by Crippen LogP contribution is -2.30. The van der Waals surface area contributed by atoms with E-state index in [9.17, 15) is 13.2 Å². The quantitative estimate of drug-likeness (QED) is 0.185. The van der Waals surface area contributed by atoms with Crippen LogP contribution in [0.25, 0.3) is 0 Å². The van der Waals surface area contributed by atoms with Gasteiger partial charge in [-0.2, -0.15) is 8.42 Å². The maximum atomic E-state index is 12.8. The lowest BCUT2D eigenvalue weighted by molar-refractivity contribution is -0.136. The van der Waals surface area contributed by atoms with E-state index in [-0.39, 0.29) is 28.9 Å². The summed E-state index contributed by atoms with van der Waals surface area (Å²) < 4.78 is 40.9. The smallest absolute Gasteiger partial charge is 0.349 e. The average Bonchev–Trinajstić information content (AvgIpc) is 3.19. The van der Waals surface area contributed by atoms with E-state index < -0.39 is 16.0 Å². The molecule has 39 heavy (non-hydrogen) atoms. The Bertz CT molecular complexity index is 1690. The van der Waals surface area contributed by atoms with Crippen molar-refractivity contribution in [2.45, 2.75) is 18.4 Å². The van der Waals surface area contributed by atoms with Crippen molar-refractivity contribution in [3.63, 3.8) is 0 Å². The van der Waals surface area contributed by atoms with E-state index >= 15 is 0 Å². The molecule has 0 spiro atoms. The van der Waals surface area contributed by atoms with Gasteiger partial charge in [0.05, 0.1) is 11.6 Å². The second-order valence-corrected chi connectivity index (χ2v) is 11.2. The summed E-state index contributed by atoms with van der Waals surface area (Å²) in [5.74, 6) is 0.258. The minimum absolute atomic E-state index is 0.148. The van der Waals surface area contributed by atoms with E-state index in [0.717, 1.165) is 11.3 Å². The number of fused-ring (bicyclic) bond motifs is 1. The van der Waals surface area contributed by atoms with Gasteiger partial charge in [0, 0.05) is 21.8 Å². The molecular weight excluding hydrogens is 559 g/mol. The van der Waals surface area contributed by atoms with Crippen LogP contribution in [-0.2, 0) is 21.4 Å². The first-order chi connectivity index (χ1) is 18.7. The Balaban J connectivity index is 1.43. The van der Waals surface area contributed by atoms with Crippen LogP contribution in [0.2, 0.25) is 10.0 Å². The van der Waals surface area contributed by atoms with Gasteiger partial charge in [0.2, 0.25) is 0 Å². The Labute approximate surface area is 236 Å². The van der Waals surface area contributed by atoms with Crippen molar-refractivity contribution in [1.82, 2.24) is 0 Å². The molecule has 1 aliphatic rings. The lowest BCUT2D eigenvalue weighted by Gasteiger charge is -2.26. The zero-order chi connectivity index (χ0) is 27.6. The van der Waals surface area contributed by atoms with Crippen LogP contribution in [0.5, 0.6) is 11.5 Å². The van der Waals surface area contributed by atoms with Gasteiger partial charge >= 0.3 is 5.97 Å². The molecule has 5 rings (SSSR count). The molecule has 0 radical (unpaired) electrons. The molecule has 0 fully saturated rings. The Morgan fingerprint density at radius 1 is 0.897 bits per heavy atom. The fraction of sp³-hybridized carbons (Fsp3) is 0.103. The highest BCUT2D eigenvalue weighted by Crippen LogP contribution is 2.33. The molecule has 4 aromatic rings. The number of amidine groups is 1. The number of esters is 1. The Kier molecular flexibility index (Phi) is 7.61. The van der Waals surface area contributed by atoms with Crippen LogP contribution in [0.15, 0.2) is 100 Å². The Morgan fingerprint density at radius 2 is 1.62 bits per heavy atom. The van der Waals surface area contributed by atoms with E-state index in [1.807, 2.05) is 37.3 Å². The molecule has 0 bridgehead atoms. The van der Waals surface area contributed by atoms with Gasteiger partial charge in [-0.3, -0.25) is 0 Å². The first-order valence-corrected chi connectivity index (χ1v) is 14.1. The topological polar surface area (TPSA) is 85.3 Å². The number of anilines is 1. The minimum atomic E-state index is -3.85. The summed E-state index contributed by atoms with van der Waals surface area (Å²) in [7, 11) is -3.85. The van der Waals surface area contributed by atoms with Gasteiger partial charge < -0.3 is 14.4 Å². The first kappa shape index (κ1) is 26.7. The van der Waals surface area contributed by atoms with Gasteiger partial charge in [0.1, 0.15) is 16.4 Å². The van der Waals surface area contributed by atoms with Gasteiger partial charge in [-0.05, 0) is 55.5 Å². The first-order valence-electron chi connectivity index (χ1n) is 11.9. The molecule has 0 aromatic heterocycles. The minimum Gasteiger partial charge on any atom is -0.480 e. The van der Waals surface area contributed by atoms with Gasteiger partial charge in [0.15, 0.2) is 12.4 Å². The number of halogens is 2.